The van der Waals surface area contributed by atoms with Gasteiger partial charge in [0.15, 0.2) is 0 Å². The number of hydrogen-bond donors (Lipinski definition) is 2. The highest BCUT2D eigenvalue weighted by Crippen LogP contribution is 2.39. The van der Waals surface area contributed by atoms with Crippen molar-refractivity contribution in [3.05, 3.63) is 41.6 Å². The number of phenolic OH excluding ortho intramolecular Hbond substituents is 1. The molecule has 6 nitrogen and oxygen atoms in total. The lowest BCUT2D eigenvalue weighted by Gasteiger charge is -2.35. The highest BCUT2D eigenvalue weighted by molar-refractivity contribution is 5.27. The van der Waals surface area contributed by atoms with E-state index < -0.39 is 0 Å². The molecule has 0 bridgehead atoms. The number of aromatic hydroxyl groups is 1. The van der Waals surface area contributed by atoms with E-state index in [1.54, 1.807) is 12.1 Å². The van der Waals surface area contributed by atoms with Crippen molar-refractivity contribution >= 4 is 0 Å². The topological polar surface area (TPSA) is 82.6 Å². The van der Waals surface area contributed by atoms with E-state index in [1.165, 1.54) is 0 Å². The lowest BCUT2D eigenvalue weighted by Crippen LogP contribution is -2.38. The largest absolute Gasteiger partial charge is 0.508 e. The molecule has 1 heterocycles. The fourth-order valence-corrected chi connectivity index (χ4v) is 3.63. The van der Waals surface area contributed by atoms with Crippen LogP contribution in [0.1, 0.15) is 61.8 Å². The van der Waals surface area contributed by atoms with Crippen molar-refractivity contribution in [3.63, 3.8) is 0 Å². The molecule has 2 aromatic rings. The normalized spacial score (nSPS) is 23.9. The number of aliphatic hydroxyl groups excluding tert-OH is 1. The van der Waals surface area contributed by atoms with Gasteiger partial charge in [-0.3, -0.25) is 4.90 Å². The first-order valence-corrected chi connectivity index (χ1v) is 9.19. The molecule has 2 aliphatic rings. The Bertz CT molecular complexity index is 705. The third-order valence-electron chi connectivity index (χ3n) is 5.23. The van der Waals surface area contributed by atoms with Crippen molar-refractivity contribution in [3.8, 4) is 5.75 Å². The van der Waals surface area contributed by atoms with E-state index in [0.717, 1.165) is 56.5 Å². The molecule has 6 heteroatoms. The summed E-state index contributed by atoms with van der Waals surface area (Å²) in [5.41, 5.74) is 1.06. The molecular formula is C19H25N3O3. The highest BCUT2D eigenvalue weighted by atomic mass is 16.4. The smallest absolute Gasteiger partial charge is 0.230 e. The van der Waals surface area contributed by atoms with E-state index in [4.69, 9.17) is 4.42 Å². The third-order valence-corrected chi connectivity index (χ3v) is 5.23. The van der Waals surface area contributed by atoms with Gasteiger partial charge in [0.05, 0.1) is 12.6 Å². The average Bonchev–Trinajstić information content (AvgIpc) is 3.35. The quantitative estimate of drug-likeness (QED) is 0.839. The average molecular weight is 343 g/mol. The maximum absolute atomic E-state index is 9.80. The van der Waals surface area contributed by atoms with Gasteiger partial charge < -0.3 is 14.6 Å². The Morgan fingerprint density at radius 3 is 2.56 bits per heavy atom. The number of hydrogen-bond acceptors (Lipinski definition) is 6. The number of rotatable bonds is 6. The zero-order chi connectivity index (χ0) is 17.2. The minimum atomic E-state index is -0.177. The fraction of sp³-hybridized carbons (Fsp3) is 0.579. The van der Waals surface area contributed by atoms with Crippen molar-refractivity contribution in [2.45, 2.75) is 69.7 Å². The molecule has 2 fully saturated rings. The van der Waals surface area contributed by atoms with Crippen molar-refractivity contribution in [2.75, 3.05) is 0 Å². The van der Waals surface area contributed by atoms with Crippen LogP contribution in [-0.2, 0) is 13.1 Å². The molecule has 134 valence electrons. The Morgan fingerprint density at radius 2 is 1.84 bits per heavy atom. The molecule has 0 spiro atoms. The van der Waals surface area contributed by atoms with Crippen LogP contribution in [-0.4, -0.2) is 37.5 Å². The lowest BCUT2D eigenvalue weighted by molar-refractivity contribution is 0.0622. The molecule has 0 aliphatic heterocycles. The Balaban J connectivity index is 1.49. The maximum Gasteiger partial charge on any atom is 0.230 e. The van der Waals surface area contributed by atoms with Gasteiger partial charge in [0.25, 0.3) is 0 Å². The predicted octanol–water partition coefficient (Wildman–Crippen LogP) is 2.96. The molecule has 2 saturated carbocycles. The van der Waals surface area contributed by atoms with Gasteiger partial charge in [-0.2, -0.15) is 0 Å². The van der Waals surface area contributed by atoms with Crippen molar-refractivity contribution in [1.29, 1.82) is 0 Å². The predicted molar refractivity (Wildman–Crippen MR) is 91.9 cm³/mol. The van der Waals surface area contributed by atoms with Gasteiger partial charge in [-0.05, 0) is 56.2 Å². The summed E-state index contributed by atoms with van der Waals surface area (Å²) in [6.45, 7) is 1.33. The van der Waals surface area contributed by atoms with Gasteiger partial charge in [0.1, 0.15) is 5.75 Å². The van der Waals surface area contributed by atoms with E-state index >= 15 is 0 Å². The van der Waals surface area contributed by atoms with Gasteiger partial charge in [0.2, 0.25) is 11.8 Å². The minimum Gasteiger partial charge on any atom is -0.508 e. The minimum absolute atomic E-state index is 0.177. The molecule has 0 atom stereocenters. The first-order chi connectivity index (χ1) is 12.2. The fourth-order valence-electron chi connectivity index (χ4n) is 3.63. The molecule has 2 N–H and O–H groups in total. The van der Waals surface area contributed by atoms with Crippen LogP contribution in [0.5, 0.6) is 5.75 Å². The Morgan fingerprint density at radius 1 is 1.04 bits per heavy atom. The maximum atomic E-state index is 9.80. The van der Waals surface area contributed by atoms with Crippen molar-refractivity contribution < 1.29 is 14.6 Å². The van der Waals surface area contributed by atoms with E-state index in [0.29, 0.717) is 24.4 Å². The zero-order valence-electron chi connectivity index (χ0n) is 14.3. The summed E-state index contributed by atoms with van der Waals surface area (Å²) < 4.78 is 5.85. The second-order valence-electron chi connectivity index (χ2n) is 7.35. The monoisotopic (exact) mass is 343 g/mol. The van der Waals surface area contributed by atoms with E-state index in [-0.39, 0.29) is 11.9 Å². The van der Waals surface area contributed by atoms with Gasteiger partial charge in [-0.15, -0.1) is 10.2 Å². The second kappa shape index (κ2) is 7.14. The van der Waals surface area contributed by atoms with Gasteiger partial charge in [-0.1, -0.05) is 12.1 Å². The van der Waals surface area contributed by atoms with Crippen LogP contribution in [0.4, 0.5) is 0 Å². The van der Waals surface area contributed by atoms with E-state index in [1.807, 2.05) is 12.1 Å². The first-order valence-electron chi connectivity index (χ1n) is 9.19. The second-order valence-corrected chi connectivity index (χ2v) is 7.35. The highest BCUT2D eigenvalue weighted by Gasteiger charge is 2.31. The molecule has 0 radical (unpaired) electrons. The standard InChI is InChI=1S/C19H25N3O3/c23-16-8-6-15(7-9-16)22(11-13-2-1-3-17(24)10-13)12-18-20-21-19(25-18)14-4-5-14/h1-3,10,14-16,23-24H,4-9,11-12H2. The summed E-state index contributed by atoms with van der Waals surface area (Å²) in [5, 5.41) is 28.0. The van der Waals surface area contributed by atoms with Crippen molar-refractivity contribution in [1.82, 2.24) is 15.1 Å². The molecule has 25 heavy (non-hydrogen) atoms. The summed E-state index contributed by atoms with van der Waals surface area (Å²) in [4.78, 5) is 2.34. The molecular weight excluding hydrogens is 318 g/mol. The summed E-state index contributed by atoms with van der Waals surface area (Å²) in [6.07, 6.45) is 5.71. The molecule has 2 aliphatic carbocycles. The van der Waals surface area contributed by atoms with Crippen LogP contribution in [0.3, 0.4) is 0 Å². The number of phenols is 1. The molecule has 0 amide bonds. The summed E-state index contributed by atoms with van der Waals surface area (Å²) in [5.74, 6) is 2.18. The van der Waals surface area contributed by atoms with E-state index in [9.17, 15) is 10.2 Å². The molecule has 1 aromatic heterocycles. The van der Waals surface area contributed by atoms with Gasteiger partial charge in [0, 0.05) is 18.5 Å². The molecule has 1 aromatic carbocycles. The van der Waals surface area contributed by atoms with Gasteiger partial charge in [-0.25, -0.2) is 0 Å². The number of aliphatic hydroxyl groups is 1. The third kappa shape index (κ3) is 4.19. The van der Waals surface area contributed by atoms with Crippen LogP contribution in [0.15, 0.2) is 28.7 Å². The number of nitrogens with zero attached hydrogens (tertiary/aromatic N) is 3. The lowest BCUT2D eigenvalue weighted by atomic mass is 9.91. The summed E-state index contributed by atoms with van der Waals surface area (Å²) in [6, 6.07) is 7.75. The number of aromatic nitrogens is 2. The van der Waals surface area contributed by atoms with E-state index in [2.05, 4.69) is 15.1 Å². The van der Waals surface area contributed by atoms with Crippen LogP contribution in [0.2, 0.25) is 0 Å². The SMILES string of the molecule is Oc1cccc(CN(Cc2nnc(C3CC3)o2)C2CCC(O)CC2)c1. The Labute approximate surface area is 147 Å². The molecule has 0 unspecified atom stereocenters. The van der Waals surface area contributed by atoms with Crippen LogP contribution in [0, 0.1) is 0 Å². The Hall–Kier alpha value is -1.92. The van der Waals surface area contributed by atoms with Gasteiger partial charge >= 0.3 is 0 Å². The van der Waals surface area contributed by atoms with Crippen molar-refractivity contribution in [2.24, 2.45) is 0 Å². The summed E-state index contributed by atoms with van der Waals surface area (Å²) in [7, 11) is 0. The zero-order valence-corrected chi connectivity index (χ0v) is 14.3. The van der Waals surface area contributed by atoms with Crippen LogP contribution in [0.25, 0.3) is 0 Å². The first kappa shape index (κ1) is 16.5. The van der Waals surface area contributed by atoms with Crippen LogP contribution >= 0.6 is 0 Å². The van der Waals surface area contributed by atoms with Crippen LogP contribution < -0.4 is 0 Å². The molecule has 4 rings (SSSR count). The number of benzene rings is 1. The molecule has 0 saturated heterocycles. The Kier molecular flexibility index (Phi) is 4.72. The summed E-state index contributed by atoms with van der Waals surface area (Å²) >= 11 is 0.